The van der Waals surface area contributed by atoms with Crippen LogP contribution in [0.25, 0.3) is 10.7 Å². The fraction of sp³-hybridized carbons (Fsp3) is 0.417. The Balaban J connectivity index is 2.16. The second-order valence-electron chi connectivity index (χ2n) is 4.41. The van der Waals surface area contributed by atoms with Gasteiger partial charge in [-0.25, -0.2) is 4.98 Å². The zero-order valence-corrected chi connectivity index (χ0v) is 11.7. The summed E-state index contributed by atoms with van der Waals surface area (Å²) in [7, 11) is 0. The Bertz CT molecular complexity index is 559. The average molecular weight is 287 g/mol. The van der Waals surface area contributed by atoms with Crippen LogP contribution in [0, 0.1) is 0 Å². The van der Waals surface area contributed by atoms with Crippen molar-refractivity contribution in [1.29, 1.82) is 0 Å². The highest BCUT2D eigenvalue weighted by Gasteiger charge is 2.25. The monoisotopic (exact) mass is 286 g/mol. The van der Waals surface area contributed by atoms with Crippen molar-refractivity contribution in [2.75, 3.05) is 0 Å². The summed E-state index contributed by atoms with van der Waals surface area (Å²) in [6, 6.07) is 3.92. The van der Waals surface area contributed by atoms with Crippen LogP contribution in [0.15, 0.2) is 12.1 Å². The number of halogens is 2. The summed E-state index contributed by atoms with van der Waals surface area (Å²) in [6.45, 7) is 3.22. The number of rotatable bonds is 1. The smallest absolute Gasteiger partial charge is 0.152 e. The van der Waals surface area contributed by atoms with E-state index in [1.54, 1.807) is 11.3 Å². The van der Waals surface area contributed by atoms with Crippen LogP contribution in [0.5, 0.6) is 0 Å². The van der Waals surface area contributed by atoms with Gasteiger partial charge in [-0.1, -0.05) is 30.1 Å². The van der Waals surface area contributed by atoms with Crippen LogP contribution in [0.1, 0.15) is 31.4 Å². The zero-order chi connectivity index (χ0) is 12.0. The van der Waals surface area contributed by atoms with E-state index < -0.39 is 0 Å². The van der Waals surface area contributed by atoms with Crippen LogP contribution < -0.4 is 0 Å². The molecule has 0 aromatic carbocycles. The van der Waals surface area contributed by atoms with E-state index in [0.717, 1.165) is 21.6 Å². The molecule has 0 amide bonds. The molecular weight excluding hydrogens is 275 g/mol. The lowest BCUT2D eigenvalue weighted by Gasteiger charge is -2.22. The predicted molar refractivity (Wildman–Crippen MR) is 73.2 cm³/mol. The minimum absolute atomic E-state index is 0.493. The Labute approximate surface area is 114 Å². The number of nitrogens with zero attached hydrogens (tertiary/aromatic N) is 2. The van der Waals surface area contributed by atoms with E-state index in [1.807, 2.05) is 12.1 Å². The first-order chi connectivity index (χ1) is 8.16. The van der Waals surface area contributed by atoms with Crippen molar-refractivity contribution in [3.8, 4) is 10.7 Å². The zero-order valence-electron chi connectivity index (χ0n) is 9.41. The van der Waals surface area contributed by atoms with Gasteiger partial charge in [0.2, 0.25) is 0 Å². The molecule has 2 aromatic heterocycles. The van der Waals surface area contributed by atoms with E-state index in [4.69, 9.17) is 23.2 Å². The number of hydrogen-bond donors (Lipinski definition) is 0. The van der Waals surface area contributed by atoms with Crippen molar-refractivity contribution in [3.63, 3.8) is 0 Å². The third kappa shape index (κ3) is 1.90. The van der Waals surface area contributed by atoms with Crippen LogP contribution in [-0.4, -0.2) is 9.55 Å². The summed E-state index contributed by atoms with van der Waals surface area (Å²) < 4.78 is 3.04. The van der Waals surface area contributed by atoms with Crippen LogP contribution in [0.3, 0.4) is 0 Å². The van der Waals surface area contributed by atoms with E-state index in [0.29, 0.717) is 11.1 Å². The van der Waals surface area contributed by atoms with Gasteiger partial charge < -0.3 is 4.57 Å². The third-order valence-corrected chi connectivity index (χ3v) is 4.75. The maximum absolute atomic E-state index is 6.25. The second kappa shape index (κ2) is 4.30. The molecule has 2 aromatic rings. The molecule has 0 saturated heterocycles. The van der Waals surface area contributed by atoms with E-state index in [9.17, 15) is 0 Å². The average Bonchev–Trinajstić information content (AvgIpc) is 2.84. The predicted octanol–water partition coefficient (Wildman–Crippen LogP) is 4.82. The molecule has 1 atom stereocenters. The topological polar surface area (TPSA) is 17.8 Å². The van der Waals surface area contributed by atoms with Gasteiger partial charge in [0.1, 0.15) is 0 Å². The Morgan fingerprint density at radius 2 is 2.24 bits per heavy atom. The van der Waals surface area contributed by atoms with Gasteiger partial charge in [0.25, 0.3) is 0 Å². The number of imidazole rings is 1. The number of thiophene rings is 1. The van der Waals surface area contributed by atoms with E-state index >= 15 is 0 Å². The fourth-order valence-corrected chi connectivity index (χ4v) is 3.86. The van der Waals surface area contributed by atoms with E-state index in [2.05, 4.69) is 16.5 Å². The summed E-state index contributed by atoms with van der Waals surface area (Å²) in [5, 5.41) is 0.650. The van der Waals surface area contributed by atoms with Crippen molar-refractivity contribution in [3.05, 3.63) is 27.3 Å². The summed E-state index contributed by atoms with van der Waals surface area (Å²) in [4.78, 5) is 5.60. The first kappa shape index (κ1) is 11.6. The quantitative estimate of drug-likeness (QED) is 0.735. The molecule has 1 unspecified atom stereocenters. The number of fused-ring (bicyclic) bond motifs is 1. The molecule has 3 heterocycles. The summed E-state index contributed by atoms with van der Waals surface area (Å²) in [6.07, 6.45) is 2.38. The Kier molecular flexibility index (Phi) is 2.93. The lowest BCUT2D eigenvalue weighted by atomic mass is 9.99. The molecule has 0 bridgehead atoms. The maximum Gasteiger partial charge on any atom is 0.152 e. The first-order valence-electron chi connectivity index (χ1n) is 5.68. The van der Waals surface area contributed by atoms with Gasteiger partial charge in [0, 0.05) is 6.54 Å². The molecule has 1 aliphatic heterocycles. The highest BCUT2D eigenvalue weighted by Crippen LogP contribution is 2.38. The molecule has 0 fully saturated rings. The summed E-state index contributed by atoms with van der Waals surface area (Å²) in [5.74, 6) is 1.46. The second-order valence-corrected chi connectivity index (χ2v) is 6.48. The molecule has 3 rings (SSSR count). The van der Waals surface area contributed by atoms with Crippen LogP contribution >= 0.6 is 34.5 Å². The van der Waals surface area contributed by atoms with E-state index in [1.165, 1.54) is 18.5 Å². The third-order valence-electron chi connectivity index (χ3n) is 3.24. The van der Waals surface area contributed by atoms with Gasteiger partial charge in [-0.2, -0.15) is 0 Å². The Morgan fingerprint density at radius 1 is 1.41 bits per heavy atom. The van der Waals surface area contributed by atoms with Gasteiger partial charge in [-0.05, 0) is 30.9 Å². The van der Waals surface area contributed by atoms with Crippen molar-refractivity contribution in [1.82, 2.24) is 9.55 Å². The van der Waals surface area contributed by atoms with E-state index in [-0.39, 0.29) is 0 Å². The molecule has 1 aliphatic rings. The normalized spacial score (nSPS) is 19.4. The van der Waals surface area contributed by atoms with Crippen LogP contribution in [0.4, 0.5) is 0 Å². The number of hydrogen-bond acceptors (Lipinski definition) is 2. The molecule has 0 spiro atoms. The minimum atomic E-state index is 0.493. The van der Waals surface area contributed by atoms with Gasteiger partial charge in [-0.3, -0.25) is 0 Å². The van der Waals surface area contributed by atoms with Crippen molar-refractivity contribution in [2.24, 2.45) is 0 Å². The van der Waals surface area contributed by atoms with Crippen molar-refractivity contribution < 1.29 is 0 Å². The summed E-state index contributed by atoms with van der Waals surface area (Å²) in [5.41, 5.74) is 1.18. The van der Waals surface area contributed by atoms with Gasteiger partial charge in [0.15, 0.2) is 11.0 Å². The molecule has 0 radical (unpaired) electrons. The number of aromatic nitrogens is 2. The molecule has 0 saturated carbocycles. The molecule has 0 aliphatic carbocycles. The summed E-state index contributed by atoms with van der Waals surface area (Å²) >= 11 is 13.8. The lowest BCUT2D eigenvalue weighted by Crippen LogP contribution is -2.14. The lowest BCUT2D eigenvalue weighted by molar-refractivity contribution is 0.478. The Hall–Kier alpha value is -0.510. The molecule has 5 heteroatoms. The molecular formula is C12H12Cl2N2S. The molecule has 90 valence electrons. The molecule has 17 heavy (non-hydrogen) atoms. The van der Waals surface area contributed by atoms with Gasteiger partial charge in [0.05, 0.1) is 14.9 Å². The van der Waals surface area contributed by atoms with Crippen molar-refractivity contribution >= 4 is 34.5 Å². The highest BCUT2D eigenvalue weighted by atomic mass is 35.5. The Morgan fingerprint density at radius 3 is 2.94 bits per heavy atom. The molecule has 0 N–H and O–H groups in total. The largest absolute Gasteiger partial charge is 0.326 e. The standard InChI is InChI=1S/C12H12Cl2N2S/c1-7-3-2-6-16-10(7)11(14)15-12(16)8-4-5-9(13)17-8/h4-5,7H,2-3,6H2,1H3. The van der Waals surface area contributed by atoms with Crippen molar-refractivity contribution in [2.45, 2.75) is 32.2 Å². The molecule has 2 nitrogen and oxygen atoms in total. The SMILES string of the molecule is CC1CCCn2c(-c3ccc(Cl)s3)nc(Cl)c21. The van der Waals surface area contributed by atoms with Gasteiger partial charge >= 0.3 is 0 Å². The fourth-order valence-electron chi connectivity index (χ4n) is 2.45. The highest BCUT2D eigenvalue weighted by molar-refractivity contribution is 7.19. The van der Waals surface area contributed by atoms with Crippen LogP contribution in [0.2, 0.25) is 9.49 Å². The van der Waals surface area contributed by atoms with Gasteiger partial charge in [-0.15, -0.1) is 11.3 Å². The first-order valence-corrected chi connectivity index (χ1v) is 7.25. The maximum atomic E-state index is 6.25. The minimum Gasteiger partial charge on any atom is -0.326 e. The van der Waals surface area contributed by atoms with Crippen LogP contribution in [-0.2, 0) is 6.54 Å².